The van der Waals surface area contributed by atoms with E-state index in [0.717, 1.165) is 6.42 Å². The molecule has 2 nitrogen and oxygen atoms in total. The van der Waals surface area contributed by atoms with Crippen LogP contribution in [0, 0.1) is 0 Å². The number of benzene rings is 1. The second-order valence-corrected chi connectivity index (χ2v) is 4.87. The van der Waals surface area contributed by atoms with Crippen molar-refractivity contribution in [2.75, 3.05) is 11.8 Å². The summed E-state index contributed by atoms with van der Waals surface area (Å²) >= 11 is 11.6. The van der Waals surface area contributed by atoms with Crippen molar-refractivity contribution >= 4 is 29.1 Å². The lowest BCUT2D eigenvalue weighted by Gasteiger charge is -2.25. The van der Waals surface area contributed by atoms with Crippen molar-refractivity contribution in [3.63, 3.8) is 0 Å². The maximum atomic E-state index is 11.9. The maximum absolute atomic E-state index is 11.9. The minimum Gasteiger partial charge on any atom is -0.344 e. The first-order valence-electron chi connectivity index (χ1n) is 5.58. The van der Waals surface area contributed by atoms with E-state index in [1.807, 2.05) is 31.2 Å². The highest BCUT2D eigenvalue weighted by atomic mass is 35.5. The third-order valence-corrected chi connectivity index (χ3v) is 3.81. The number of hydrogen-bond donors (Lipinski definition) is 1. The fourth-order valence-electron chi connectivity index (χ4n) is 1.34. The van der Waals surface area contributed by atoms with Crippen molar-refractivity contribution in [3.8, 4) is 0 Å². The summed E-state index contributed by atoms with van der Waals surface area (Å²) in [6, 6.07) is 7.54. The summed E-state index contributed by atoms with van der Waals surface area (Å²) in [7, 11) is 0. The number of nitrogens with one attached hydrogen (secondary N) is 1. The van der Waals surface area contributed by atoms with Crippen molar-refractivity contribution in [1.82, 2.24) is 5.32 Å². The van der Waals surface area contributed by atoms with Gasteiger partial charge in [-0.05, 0) is 31.0 Å². The molecule has 1 N–H and O–H groups in total. The standard InChI is InChI=1S/C13H17Cl2NO/c1-3-10-4-6-11(7-5-10)12(17)16-13(2,8-14)9-15/h4-7H,3,8-9H2,1-2H3,(H,16,17). The van der Waals surface area contributed by atoms with E-state index in [-0.39, 0.29) is 17.7 Å². The van der Waals surface area contributed by atoms with Gasteiger partial charge in [-0.25, -0.2) is 0 Å². The Hall–Kier alpha value is -0.730. The number of alkyl halides is 2. The van der Waals surface area contributed by atoms with E-state index >= 15 is 0 Å². The summed E-state index contributed by atoms with van der Waals surface area (Å²) in [5.41, 5.74) is 1.27. The van der Waals surface area contributed by atoms with Crippen LogP contribution in [0.15, 0.2) is 24.3 Å². The van der Waals surface area contributed by atoms with E-state index in [1.165, 1.54) is 5.56 Å². The van der Waals surface area contributed by atoms with E-state index < -0.39 is 5.54 Å². The van der Waals surface area contributed by atoms with Gasteiger partial charge in [-0.3, -0.25) is 4.79 Å². The lowest BCUT2D eigenvalue weighted by atomic mass is 10.1. The number of carbonyl (C=O) groups is 1. The second kappa shape index (κ2) is 6.27. The Labute approximate surface area is 112 Å². The summed E-state index contributed by atoms with van der Waals surface area (Å²) < 4.78 is 0. The van der Waals surface area contributed by atoms with Crippen molar-refractivity contribution in [2.24, 2.45) is 0 Å². The molecule has 0 radical (unpaired) electrons. The van der Waals surface area contributed by atoms with Crippen molar-refractivity contribution in [1.29, 1.82) is 0 Å². The topological polar surface area (TPSA) is 29.1 Å². The lowest BCUT2D eigenvalue weighted by Crippen LogP contribution is -2.49. The van der Waals surface area contributed by atoms with E-state index in [0.29, 0.717) is 5.56 Å². The smallest absolute Gasteiger partial charge is 0.251 e. The Morgan fingerprint density at radius 2 is 1.76 bits per heavy atom. The van der Waals surface area contributed by atoms with Gasteiger partial charge in [0.2, 0.25) is 0 Å². The molecule has 0 atom stereocenters. The SMILES string of the molecule is CCc1ccc(C(=O)NC(C)(CCl)CCl)cc1. The predicted molar refractivity (Wildman–Crippen MR) is 73.1 cm³/mol. The molecule has 17 heavy (non-hydrogen) atoms. The summed E-state index contributed by atoms with van der Waals surface area (Å²) in [4.78, 5) is 11.9. The van der Waals surface area contributed by atoms with Gasteiger partial charge in [0.15, 0.2) is 0 Å². The number of carbonyl (C=O) groups excluding carboxylic acids is 1. The van der Waals surface area contributed by atoms with Gasteiger partial charge < -0.3 is 5.32 Å². The van der Waals surface area contributed by atoms with Gasteiger partial charge >= 0.3 is 0 Å². The third kappa shape index (κ3) is 3.90. The highest BCUT2D eigenvalue weighted by molar-refractivity contribution is 6.22. The average Bonchev–Trinajstić information content (AvgIpc) is 2.38. The number of amides is 1. The Morgan fingerprint density at radius 1 is 1.24 bits per heavy atom. The largest absolute Gasteiger partial charge is 0.344 e. The minimum atomic E-state index is -0.566. The molecular formula is C13H17Cl2NO. The molecule has 94 valence electrons. The molecule has 1 aromatic carbocycles. The summed E-state index contributed by atoms with van der Waals surface area (Å²) in [5.74, 6) is 0.432. The van der Waals surface area contributed by atoms with E-state index in [2.05, 4.69) is 12.2 Å². The van der Waals surface area contributed by atoms with Gasteiger partial charge in [-0.1, -0.05) is 19.1 Å². The van der Waals surface area contributed by atoms with Crippen LogP contribution >= 0.6 is 23.2 Å². The summed E-state index contributed by atoms with van der Waals surface area (Å²) in [5, 5.41) is 2.84. The number of aryl methyl sites for hydroxylation is 1. The molecule has 0 spiro atoms. The van der Waals surface area contributed by atoms with Crippen molar-refractivity contribution in [2.45, 2.75) is 25.8 Å². The molecule has 0 aliphatic carbocycles. The van der Waals surface area contributed by atoms with Gasteiger partial charge in [-0.15, -0.1) is 23.2 Å². The molecule has 0 aromatic heterocycles. The molecule has 1 amide bonds. The molecule has 0 saturated heterocycles. The first-order chi connectivity index (χ1) is 8.04. The molecule has 0 fully saturated rings. The summed E-state index contributed by atoms with van der Waals surface area (Å²) in [6.07, 6.45) is 0.961. The van der Waals surface area contributed by atoms with Crippen LogP contribution in [0.1, 0.15) is 29.8 Å². The highest BCUT2D eigenvalue weighted by Gasteiger charge is 2.24. The fraction of sp³-hybridized carbons (Fsp3) is 0.462. The quantitative estimate of drug-likeness (QED) is 0.821. The molecular weight excluding hydrogens is 257 g/mol. The lowest BCUT2D eigenvalue weighted by molar-refractivity contribution is 0.0921. The Balaban J connectivity index is 2.75. The molecule has 1 rings (SSSR count). The fourth-order valence-corrected chi connectivity index (χ4v) is 1.76. The maximum Gasteiger partial charge on any atom is 0.251 e. The zero-order chi connectivity index (χ0) is 12.9. The first kappa shape index (κ1) is 14.3. The number of rotatable bonds is 5. The van der Waals surface area contributed by atoms with Crippen LogP contribution in [0.5, 0.6) is 0 Å². The highest BCUT2D eigenvalue weighted by Crippen LogP contribution is 2.11. The van der Waals surface area contributed by atoms with Crippen LogP contribution < -0.4 is 5.32 Å². The molecule has 0 saturated carbocycles. The third-order valence-electron chi connectivity index (χ3n) is 2.63. The molecule has 0 unspecified atom stereocenters. The van der Waals surface area contributed by atoms with Crippen LogP contribution in [-0.2, 0) is 6.42 Å². The monoisotopic (exact) mass is 273 g/mol. The zero-order valence-corrected chi connectivity index (χ0v) is 11.6. The normalized spacial score (nSPS) is 11.3. The molecule has 1 aromatic rings. The van der Waals surface area contributed by atoms with E-state index in [1.54, 1.807) is 0 Å². The van der Waals surface area contributed by atoms with E-state index in [9.17, 15) is 4.79 Å². The predicted octanol–water partition coefficient (Wildman–Crippen LogP) is 3.22. The summed E-state index contributed by atoms with van der Waals surface area (Å²) in [6.45, 7) is 3.90. The molecule has 0 aliphatic rings. The average molecular weight is 274 g/mol. The zero-order valence-electron chi connectivity index (χ0n) is 10.1. The Bertz CT molecular complexity index is 372. The van der Waals surface area contributed by atoms with Gasteiger partial charge in [0.05, 0.1) is 5.54 Å². The molecule has 0 aliphatic heterocycles. The van der Waals surface area contributed by atoms with Crippen molar-refractivity contribution in [3.05, 3.63) is 35.4 Å². The number of halogens is 2. The van der Waals surface area contributed by atoms with Crippen LogP contribution in [0.25, 0.3) is 0 Å². The van der Waals surface area contributed by atoms with Gasteiger partial charge in [0, 0.05) is 17.3 Å². The van der Waals surface area contributed by atoms with Gasteiger partial charge in [0.25, 0.3) is 5.91 Å². The molecule has 4 heteroatoms. The van der Waals surface area contributed by atoms with Crippen LogP contribution in [0.2, 0.25) is 0 Å². The first-order valence-corrected chi connectivity index (χ1v) is 6.65. The molecule has 0 bridgehead atoms. The number of hydrogen-bond acceptors (Lipinski definition) is 1. The van der Waals surface area contributed by atoms with Crippen molar-refractivity contribution < 1.29 is 4.79 Å². The Morgan fingerprint density at radius 3 is 2.18 bits per heavy atom. The van der Waals surface area contributed by atoms with Gasteiger partial charge in [0.1, 0.15) is 0 Å². The van der Waals surface area contributed by atoms with Crippen LogP contribution in [-0.4, -0.2) is 23.2 Å². The Kier molecular flexibility index (Phi) is 5.29. The second-order valence-electron chi connectivity index (χ2n) is 4.33. The van der Waals surface area contributed by atoms with Crippen LogP contribution in [0.4, 0.5) is 0 Å². The van der Waals surface area contributed by atoms with Crippen LogP contribution in [0.3, 0.4) is 0 Å². The van der Waals surface area contributed by atoms with E-state index in [4.69, 9.17) is 23.2 Å². The van der Waals surface area contributed by atoms with Gasteiger partial charge in [-0.2, -0.15) is 0 Å². The molecule has 0 heterocycles. The minimum absolute atomic E-state index is 0.142.